The molecule has 1 N–H and O–H groups in total. The Labute approximate surface area is 186 Å². The molecule has 2 amide bonds. The van der Waals surface area contributed by atoms with E-state index in [0.29, 0.717) is 24.0 Å². The first kappa shape index (κ1) is 22.7. The molecule has 8 heteroatoms. The highest BCUT2D eigenvalue weighted by molar-refractivity contribution is 8.15. The number of carbonyl (C=O) groups excluding carboxylic acids is 2. The van der Waals surface area contributed by atoms with Crippen molar-refractivity contribution < 1.29 is 19.1 Å². The van der Waals surface area contributed by atoms with Crippen LogP contribution in [-0.2, 0) is 9.59 Å². The zero-order chi connectivity index (χ0) is 22.2. The molecule has 1 atom stereocenters. The summed E-state index contributed by atoms with van der Waals surface area (Å²) < 4.78 is 10.8. The minimum absolute atomic E-state index is 0.130. The number of benzene rings is 2. The molecule has 31 heavy (non-hydrogen) atoms. The lowest BCUT2D eigenvalue weighted by Crippen LogP contribution is -2.31. The number of amides is 2. The number of imide groups is 1. The summed E-state index contributed by atoms with van der Waals surface area (Å²) in [5.74, 6) is 1.02. The smallest absolute Gasteiger partial charge is 0.247 e. The molecule has 0 spiro atoms. The Kier molecular flexibility index (Phi) is 7.94. The molecule has 0 bridgehead atoms. The lowest BCUT2D eigenvalue weighted by molar-refractivity contribution is -0.121. The fourth-order valence-electron chi connectivity index (χ4n) is 3.06. The van der Waals surface area contributed by atoms with E-state index in [1.54, 1.807) is 31.4 Å². The maximum atomic E-state index is 13.0. The standard InChI is InChI=1S/C23H27N3O4S/c1-4-14-30-19-12-8-17(9-13-19)26-21(27)15-20(22(26)28)31-23(24-5-2)25-16-6-10-18(29-3)11-7-16/h6-13,20H,4-5,14-15H2,1-3H3,(H,24,25)/t20-/m1/s1. The Morgan fingerprint density at radius 3 is 2.39 bits per heavy atom. The summed E-state index contributed by atoms with van der Waals surface area (Å²) in [5, 5.41) is 3.31. The van der Waals surface area contributed by atoms with Gasteiger partial charge in [0.05, 0.1) is 19.4 Å². The molecule has 2 aromatic rings. The average Bonchev–Trinajstić information content (AvgIpc) is 3.06. The van der Waals surface area contributed by atoms with E-state index in [1.807, 2.05) is 38.1 Å². The summed E-state index contributed by atoms with van der Waals surface area (Å²) in [6.45, 7) is 5.14. The molecule has 1 aliphatic rings. The van der Waals surface area contributed by atoms with Crippen molar-refractivity contribution in [2.45, 2.75) is 31.9 Å². The second kappa shape index (κ2) is 10.9. The van der Waals surface area contributed by atoms with Gasteiger partial charge in [-0.3, -0.25) is 14.6 Å². The van der Waals surface area contributed by atoms with Crippen molar-refractivity contribution in [1.82, 2.24) is 0 Å². The Balaban J connectivity index is 1.68. The molecule has 0 saturated carbocycles. The van der Waals surface area contributed by atoms with Crippen molar-refractivity contribution in [1.29, 1.82) is 0 Å². The van der Waals surface area contributed by atoms with E-state index in [0.717, 1.165) is 23.6 Å². The number of nitrogens with one attached hydrogen (secondary N) is 1. The number of anilines is 2. The van der Waals surface area contributed by atoms with Gasteiger partial charge in [0, 0.05) is 18.7 Å². The number of carbonyl (C=O) groups is 2. The Morgan fingerprint density at radius 2 is 1.77 bits per heavy atom. The lowest BCUT2D eigenvalue weighted by Gasteiger charge is -2.16. The number of aliphatic imine (C=N–C) groups is 1. The Bertz CT molecular complexity index is 929. The molecule has 0 unspecified atom stereocenters. The van der Waals surface area contributed by atoms with Gasteiger partial charge in [0.1, 0.15) is 16.7 Å². The van der Waals surface area contributed by atoms with Crippen molar-refractivity contribution in [3.05, 3.63) is 48.5 Å². The number of amidine groups is 1. The minimum Gasteiger partial charge on any atom is -0.497 e. The largest absolute Gasteiger partial charge is 0.497 e. The van der Waals surface area contributed by atoms with Crippen LogP contribution in [0.15, 0.2) is 53.5 Å². The molecule has 0 aromatic heterocycles. The van der Waals surface area contributed by atoms with Crippen molar-refractivity contribution >= 4 is 40.1 Å². The van der Waals surface area contributed by atoms with E-state index in [1.165, 1.54) is 16.7 Å². The number of ether oxygens (including phenoxy) is 2. The highest BCUT2D eigenvalue weighted by atomic mass is 32.2. The number of nitrogens with zero attached hydrogens (tertiary/aromatic N) is 2. The summed E-state index contributed by atoms with van der Waals surface area (Å²) in [6.07, 6.45) is 1.04. The first-order chi connectivity index (χ1) is 15.0. The van der Waals surface area contributed by atoms with Crippen LogP contribution in [0, 0.1) is 0 Å². The normalized spacial score (nSPS) is 16.5. The van der Waals surface area contributed by atoms with Crippen LogP contribution < -0.4 is 19.7 Å². The summed E-state index contributed by atoms with van der Waals surface area (Å²) in [6, 6.07) is 14.5. The number of hydrogen-bond acceptors (Lipinski definition) is 6. The summed E-state index contributed by atoms with van der Waals surface area (Å²) in [7, 11) is 1.61. The molecule has 164 valence electrons. The number of rotatable bonds is 8. The van der Waals surface area contributed by atoms with Gasteiger partial charge in [0.15, 0.2) is 5.17 Å². The minimum atomic E-state index is -0.528. The third-order valence-corrected chi connectivity index (χ3v) is 5.68. The molecule has 1 aliphatic heterocycles. The van der Waals surface area contributed by atoms with Gasteiger partial charge < -0.3 is 14.8 Å². The number of hydrogen-bond donors (Lipinski definition) is 1. The average molecular weight is 442 g/mol. The molecule has 1 saturated heterocycles. The van der Waals surface area contributed by atoms with Crippen LogP contribution in [0.25, 0.3) is 0 Å². The van der Waals surface area contributed by atoms with E-state index in [2.05, 4.69) is 10.3 Å². The van der Waals surface area contributed by atoms with Gasteiger partial charge in [-0.2, -0.15) is 0 Å². The van der Waals surface area contributed by atoms with Gasteiger partial charge in [0.2, 0.25) is 11.8 Å². The fraction of sp³-hybridized carbons (Fsp3) is 0.348. The zero-order valence-corrected chi connectivity index (χ0v) is 18.8. The van der Waals surface area contributed by atoms with Crippen LogP contribution in [0.2, 0.25) is 0 Å². The molecule has 1 fully saturated rings. The molecule has 2 aromatic carbocycles. The SMILES string of the molecule is CCCOc1ccc(N2C(=O)C[C@@H](SC(=NCC)Nc3ccc(OC)cc3)C2=O)cc1. The van der Waals surface area contributed by atoms with Crippen molar-refractivity contribution in [3.63, 3.8) is 0 Å². The first-order valence-electron chi connectivity index (χ1n) is 10.3. The molecule has 7 nitrogen and oxygen atoms in total. The summed E-state index contributed by atoms with van der Waals surface area (Å²) in [4.78, 5) is 31.3. The van der Waals surface area contributed by atoms with Crippen molar-refractivity contribution in [2.24, 2.45) is 4.99 Å². The molecule has 3 rings (SSSR count). The zero-order valence-electron chi connectivity index (χ0n) is 18.0. The van der Waals surface area contributed by atoms with Crippen molar-refractivity contribution in [3.8, 4) is 11.5 Å². The third kappa shape index (κ3) is 5.79. The highest BCUT2D eigenvalue weighted by Gasteiger charge is 2.40. The van der Waals surface area contributed by atoms with Gasteiger partial charge in [-0.25, -0.2) is 4.90 Å². The molecule has 0 aliphatic carbocycles. The van der Waals surface area contributed by atoms with Gasteiger partial charge in [-0.15, -0.1) is 0 Å². The fourth-order valence-corrected chi connectivity index (χ4v) is 4.14. The van der Waals surface area contributed by atoms with E-state index in [4.69, 9.17) is 9.47 Å². The van der Waals surface area contributed by atoms with Gasteiger partial charge in [0.25, 0.3) is 0 Å². The molecular weight excluding hydrogens is 414 g/mol. The Morgan fingerprint density at radius 1 is 1.10 bits per heavy atom. The van der Waals surface area contributed by atoms with Gasteiger partial charge in [-0.05, 0) is 61.9 Å². The van der Waals surface area contributed by atoms with Crippen molar-refractivity contribution in [2.75, 3.05) is 30.5 Å². The van der Waals surface area contributed by atoms with Crippen LogP contribution >= 0.6 is 11.8 Å². The second-order valence-electron chi connectivity index (χ2n) is 6.85. The van der Waals surface area contributed by atoms with Crippen LogP contribution in [-0.4, -0.2) is 42.5 Å². The lowest BCUT2D eigenvalue weighted by atomic mass is 10.3. The van der Waals surface area contributed by atoms with Crippen LogP contribution in [0.5, 0.6) is 11.5 Å². The van der Waals surface area contributed by atoms with Crippen LogP contribution in [0.4, 0.5) is 11.4 Å². The topological polar surface area (TPSA) is 80.2 Å². The molecular formula is C23H27N3O4S. The van der Waals surface area contributed by atoms with E-state index >= 15 is 0 Å². The summed E-state index contributed by atoms with van der Waals surface area (Å²) >= 11 is 1.28. The van der Waals surface area contributed by atoms with Crippen LogP contribution in [0.3, 0.4) is 0 Å². The predicted molar refractivity (Wildman–Crippen MR) is 125 cm³/mol. The number of thioether (sulfide) groups is 1. The Hall–Kier alpha value is -3.00. The maximum Gasteiger partial charge on any atom is 0.247 e. The highest BCUT2D eigenvalue weighted by Crippen LogP contribution is 2.32. The van der Waals surface area contributed by atoms with Crippen LogP contribution in [0.1, 0.15) is 26.7 Å². The summed E-state index contributed by atoms with van der Waals surface area (Å²) in [5.41, 5.74) is 1.39. The van der Waals surface area contributed by atoms with E-state index in [9.17, 15) is 9.59 Å². The van der Waals surface area contributed by atoms with E-state index in [-0.39, 0.29) is 18.2 Å². The number of methoxy groups -OCH3 is 1. The monoisotopic (exact) mass is 441 g/mol. The third-order valence-electron chi connectivity index (χ3n) is 4.57. The molecule has 0 radical (unpaired) electrons. The molecule has 1 heterocycles. The quantitative estimate of drug-likeness (QED) is 0.373. The second-order valence-corrected chi connectivity index (χ2v) is 8.04. The maximum absolute atomic E-state index is 13.0. The first-order valence-corrected chi connectivity index (χ1v) is 11.2. The van der Waals surface area contributed by atoms with Gasteiger partial charge in [-0.1, -0.05) is 18.7 Å². The van der Waals surface area contributed by atoms with E-state index < -0.39 is 5.25 Å². The van der Waals surface area contributed by atoms with Gasteiger partial charge >= 0.3 is 0 Å². The predicted octanol–water partition coefficient (Wildman–Crippen LogP) is 4.34.